The monoisotopic (exact) mass is 293 g/mol. The van der Waals surface area contributed by atoms with E-state index in [1.54, 1.807) is 25.1 Å². The van der Waals surface area contributed by atoms with E-state index in [0.717, 1.165) is 16.6 Å². The highest BCUT2D eigenvalue weighted by Crippen LogP contribution is 2.22. The third-order valence-corrected chi connectivity index (χ3v) is 3.55. The molecule has 3 aromatic rings. The van der Waals surface area contributed by atoms with Crippen LogP contribution in [0.1, 0.15) is 21.6 Å². The number of aromatic nitrogens is 1. The van der Waals surface area contributed by atoms with Gasteiger partial charge in [0.15, 0.2) is 0 Å². The fraction of sp³-hybridized carbons (Fsp3) is 0.111. The van der Waals surface area contributed by atoms with E-state index in [-0.39, 0.29) is 5.56 Å². The number of carboxylic acids is 1. The number of hydrogen-bond donors (Lipinski definition) is 1. The van der Waals surface area contributed by atoms with E-state index < -0.39 is 5.97 Å². The summed E-state index contributed by atoms with van der Waals surface area (Å²) in [6.07, 6.45) is 0. The van der Waals surface area contributed by atoms with Crippen LogP contribution < -0.4 is 4.74 Å². The maximum absolute atomic E-state index is 11.1. The summed E-state index contributed by atoms with van der Waals surface area (Å²) in [5.41, 5.74) is 2.60. The van der Waals surface area contributed by atoms with Gasteiger partial charge in [0, 0.05) is 10.9 Å². The third kappa shape index (κ3) is 2.76. The summed E-state index contributed by atoms with van der Waals surface area (Å²) in [4.78, 5) is 15.7. The highest BCUT2D eigenvalue weighted by Gasteiger charge is 2.11. The van der Waals surface area contributed by atoms with Crippen molar-refractivity contribution in [3.05, 3.63) is 71.4 Å². The third-order valence-electron chi connectivity index (χ3n) is 3.55. The summed E-state index contributed by atoms with van der Waals surface area (Å²) >= 11 is 0. The van der Waals surface area contributed by atoms with Crippen molar-refractivity contribution in [2.24, 2.45) is 0 Å². The number of fused-ring (bicyclic) bond motifs is 1. The molecule has 1 heterocycles. The average Bonchev–Trinajstić information content (AvgIpc) is 2.53. The van der Waals surface area contributed by atoms with Crippen molar-refractivity contribution < 1.29 is 14.6 Å². The van der Waals surface area contributed by atoms with Crippen LogP contribution in [0.15, 0.2) is 54.6 Å². The number of benzene rings is 2. The number of carbonyl (C=O) groups is 1. The van der Waals surface area contributed by atoms with E-state index >= 15 is 0 Å². The molecule has 4 heteroatoms. The second kappa shape index (κ2) is 5.85. The first-order valence-electron chi connectivity index (χ1n) is 6.95. The Labute approximate surface area is 128 Å². The zero-order valence-corrected chi connectivity index (χ0v) is 12.1. The summed E-state index contributed by atoms with van der Waals surface area (Å²) in [5.74, 6) is -0.387. The molecule has 0 unspecified atom stereocenters. The van der Waals surface area contributed by atoms with Crippen molar-refractivity contribution in [2.75, 3.05) is 0 Å². The molecular formula is C18H15NO3. The first-order valence-corrected chi connectivity index (χ1v) is 6.95. The van der Waals surface area contributed by atoms with Crippen LogP contribution in [0.2, 0.25) is 0 Å². The second-order valence-electron chi connectivity index (χ2n) is 5.02. The highest BCUT2D eigenvalue weighted by molar-refractivity contribution is 5.90. The number of carboxylic acid groups (broad SMARTS) is 1. The largest absolute Gasteiger partial charge is 0.487 e. The Morgan fingerprint density at radius 1 is 1.09 bits per heavy atom. The molecule has 1 N–H and O–H groups in total. The number of rotatable bonds is 4. The first kappa shape index (κ1) is 14.1. The fourth-order valence-electron chi connectivity index (χ4n) is 2.34. The number of pyridine rings is 1. The molecule has 0 saturated carbocycles. The van der Waals surface area contributed by atoms with E-state index in [4.69, 9.17) is 9.84 Å². The molecule has 2 aromatic carbocycles. The fourth-order valence-corrected chi connectivity index (χ4v) is 2.34. The quantitative estimate of drug-likeness (QED) is 0.794. The van der Waals surface area contributed by atoms with Crippen molar-refractivity contribution >= 4 is 16.9 Å². The lowest BCUT2D eigenvalue weighted by atomic mass is 10.1. The van der Waals surface area contributed by atoms with Crippen LogP contribution >= 0.6 is 0 Å². The standard InChI is InChI=1S/C18H15NO3/c1-12-15(18(20)21)6-4-8-17(12)22-11-14-10-9-13-5-2-3-7-16(13)19-14/h2-10H,11H2,1H3,(H,20,21). The molecule has 0 bridgehead atoms. The van der Waals surface area contributed by atoms with Crippen molar-refractivity contribution in [3.63, 3.8) is 0 Å². The van der Waals surface area contributed by atoms with Gasteiger partial charge in [0.05, 0.1) is 16.8 Å². The van der Waals surface area contributed by atoms with Crippen molar-refractivity contribution in [1.29, 1.82) is 0 Å². The SMILES string of the molecule is Cc1c(OCc2ccc3ccccc3n2)cccc1C(=O)O. The maximum atomic E-state index is 11.1. The van der Waals surface area contributed by atoms with Crippen LogP contribution in [0.4, 0.5) is 0 Å². The van der Waals surface area contributed by atoms with Gasteiger partial charge in [-0.3, -0.25) is 0 Å². The van der Waals surface area contributed by atoms with Gasteiger partial charge in [-0.1, -0.05) is 30.3 Å². The van der Waals surface area contributed by atoms with E-state index in [9.17, 15) is 4.79 Å². The van der Waals surface area contributed by atoms with E-state index in [1.807, 2.05) is 36.4 Å². The second-order valence-corrected chi connectivity index (χ2v) is 5.02. The molecule has 0 aliphatic rings. The van der Waals surface area contributed by atoms with E-state index in [1.165, 1.54) is 0 Å². The topological polar surface area (TPSA) is 59.4 Å². The molecule has 3 rings (SSSR count). The number of ether oxygens (including phenoxy) is 1. The maximum Gasteiger partial charge on any atom is 0.336 e. The lowest BCUT2D eigenvalue weighted by Crippen LogP contribution is -2.04. The minimum absolute atomic E-state index is 0.254. The molecule has 110 valence electrons. The zero-order chi connectivity index (χ0) is 15.5. The molecular weight excluding hydrogens is 278 g/mol. The van der Waals surface area contributed by atoms with Crippen molar-refractivity contribution in [2.45, 2.75) is 13.5 Å². The number of aromatic carboxylic acids is 1. The first-order chi connectivity index (χ1) is 10.6. The molecule has 4 nitrogen and oxygen atoms in total. The van der Waals surface area contributed by atoms with E-state index in [0.29, 0.717) is 17.9 Å². The Bertz CT molecular complexity index is 843. The van der Waals surface area contributed by atoms with Gasteiger partial charge < -0.3 is 9.84 Å². The Balaban J connectivity index is 1.82. The van der Waals surface area contributed by atoms with Gasteiger partial charge in [-0.05, 0) is 31.2 Å². The smallest absolute Gasteiger partial charge is 0.336 e. The number of para-hydroxylation sites is 1. The lowest BCUT2D eigenvalue weighted by molar-refractivity contribution is 0.0695. The van der Waals surface area contributed by atoms with Crippen LogP contribution in [0.5, 0.6) is 5.75 Å². The molecule has 0 fully saturated rings. The lowest BCUT2D eigenvalue weighted by Gasteiger charge is -2.11. The van der Waals surface area contributed by atoms with Gasteiger partial charge in [-0.25, -0.2) is 9.78 Å². The normalized spacial score (nSPS) is 10.6. The molecule has 0 saturated heterocycles. The molecule has 0 aliphatic heterocycles. The predicted octanol–water partition coefficient (Wildman–Crippen LogP) is 3.82. The molecule has 22 heavy (non-hydrogen) atoms. The van der Waals surface area contributed by atoms with Crippen LogP contribution in [-0.2, 0) is 6.61 Å². The number of nitrogens with zero attached hydrogens (tertiary/aromatic N) is 1. The van der Waals surface area contributed by atoms with Gasteiger partial charge in [-0.2, -0.15) is 0 Å². The molecule has 0 atom stereocenters. The van der Waals surface area contributed by atoms with Crippen LogP contribution in [-0.4, -0.2) is 16.1 Å². The highest BCUT2D eigenvalue weighted by atomic mass is 16.5. The summed E-state index contributed by atoms with van der Waals surface area (Å²) in [5, 5.41) is 10.2. The predicted molar refractivity (Wildman–Crippen MR) is 84.2 cm³/mol. The molecule has 0 amide bonds. The van der Waals surface area contributed by atoms with E-state index in [2.05, 4.69) is 4.98 Å². The minimum Gasteiger partial charge on any atom is -0.487 e. The summed E-state index contributed by atoms with van der Waals surface area (Å²) in [6, 6.07) is 16.8. The summed E-state index contributed by atoms with van der Waals surface area (Å²) in [7, 11) is 0. The van der Waals surface area contributed by atoms with Crippen LogP contribution in [0.25, 0.3) is 10.9 Å². The van der Waals surface area contributed by atoms with Gasteiger partial charge in [-0.15, -0.1) is 0 Å². The molecule has 0 radical (unpaired) electrons. The molecule has 0 aliphatic carbocycles. The molecule has 1 aromatic heterocycles. The Morgan fingerprint density at radius 2 is 1.91 bits per heavy atom. The number of hydrogen-bond acceptors (Lipinski definition) is 3. The summed E-state index contributed by atoms with van der Waals surface area (Å²) < 4.78 is 5.74. The Kier molecular flexibility index (Phi) is 3.74. The van der Waals surface area contributed by atoms with Gasteiger partial charge >= 0.3 is 5.97 Å². The average molecular weight is 293 g/mol. The molecule has 0 spiro atoms. The minimum atomic E-state index is -0.952. The zero-order valence-electron chi connectivity index (χ0n) is 12.1. The van der Waals surface area contributed by atoms with Crippen molar-refractivity contribution in [1.82, 2.24) is 4.98 Å². The van der Waals surface area contributed by atoms with Gasteiger partial charge in [0.2, 0.25) is 0 Å². The van der Waals surface area contributed by atoms with Gasteiger partial charge in [0.25, 0.3) is 0 Å². The van der Waals surface area contributed by atoms with Crippen molar-refractivity contribution in [3.8, 4) is 5.75 Å². The van der Waals surface area contributed by atoms with Crippen LogP contribution in [0.3, 0.4) is 0 Å². The van der Waals surface area contributed by atoms with Gasteiger partial charge in [0.1, 0.15) is 12.4 Å². The Hall–Kier alpha value is -2.88. The van der Waals surface area contributed by atoms with Crippen LogP contribution in [0, 0.1) is 6.92 Å². The Morgan fingerprint density at radius 3 is 2.73 bits per heavy atom. The summed E-state index contributed by atoms with van der Waals surface area (Å²) in [6.45, 7) is 2.04.